The molecule has 8 nitrogen and oxygen atoms in total. The van der Waals surface area contributed by atoms with Gasteiger partial charge in [0.15, 0.2) is 5.82 Å². The molecule has 0 unspecified atom stereocenters. The Morgan fingerprint density at radius 2 is 2.00 bits per heavy atom. The molecule has 1 amide bonds. The highest BCUT2D eigenvalue weighted by Gasteiger charge is 2.22. The van der Waals surface area contributed by atoms with Gasteiger partial charge in [0.05, 0.1) is 0 Å². The van der Waals surface area contributed by atoms with Crippen LogP contribution in [0.25, 0.3) is 0 Å². The van der Waals surface area contributed by atoms with Crippen LogP contribution in [0.2, 0.25) is 0 Å². The molecule has 4 rings (SSSR count). The zero-order valence-electron chi connectivity index (χ0n) is 15.8. The Balaban J connectivity index is 1.61. The van der Waals surface area contributed by atoms with Gasteiger partial charge in [-0.25, -0.2) is 4.98 Å². The predicted molar refractivity (Wildman–Crippen MR) is 104 cm³/mol. The minimum atomic E-state index is -0.361. The van der Waals surface area contributed by atoms with Crippen LogP contribution >= 0.6 is 0 Å². The van der Waals surface area contributed by atoms with Crippen LogP contribution < -0.4 is 15.8 Å². The zero-order valence-corrected chi connectivity index (χ0v) is 15.8. The molecule has 0 aliphatic carbocycles. The molecule has 8 heteroatoms. The van der Waals surface area contributed by atoms with E-state index in [-0.39, 0.29) is 18.0 Å². The van der Waals surface area contributed by atoms with E-state index in [4.69, 9.17) is 4.52 Å². The number of rotatable bonds is 4. The van der Waals surface area contributed by atoms with Crippen molar-refractivity contribution in [1.29, 1.82) is 0 Å². The summed E-state index contributed by atoms with van der Waals surface area (Å²) in [6, 6.07) is 11.3. The molecule has 2 aromatic heterocycles. The fourth-order valence-corrected chi connectivity index (χ4v) is 3.41. The Bertz CT molecular complexity index is 1090. The van der Waals surface area contributed by atoms with Crippen LogP contribution in [0.3, 0.4) is 0 Å². The first kappa shape index (κ1) is 18.0. The fourth-order valence-electron chi connectivity index (χ4n) is 3.41. The van der Waals surface area contributed by atoms with Crippen LogP contribution in [-0.2, 0) is 24.3 Å². The van der Waals surface area contributed by atoms with Crippen LogP contribution in [0.4, 0.5) is 11.8 Å². The van der Waals surface area contributed by atoms with Crippen molar-refractivity contribution in [2.45, 2.75) is 33.4 Å². The third kappa shape index (κ3) is 3.66. The van der Waals surface area contributed by atoms with Crippen LogP contribution in [0, 0.1) is 13.8 Å². The van der Waals surface area contributed by atoms with Gasteiger partial charge >= 0.3 is 0 Å². The van der Waals surface area contributed by atoms with Crippen molar-refractivity contribution in [3.63, 3.8) is 0 Å². The van der Waals surface area contributed by atoms with Gasteiger partial charge in [-0.2, -0.15) is 0 Å². The average Bonchev–Trinajstić information content (AvgIpc) is 3.08. The van der Waals surface area contributed by atoms with Crippen molar-refractivity contribution in [3.05, 3.63) is 69.3 Å². The molecular formula is C20H21N5O3. The second kappa shape index (κ2) is 7.30. The second-order valence-corrected chi connectivity index (χ2v) is 6.93. The van der Waals surface area contributed by atoms with E-state index in [0.717, 1.165) is 13.0 Å². The summed E-state index contributed by atoms with van der Waals surface area (Å²) in [5.74, 6) is 1.06. The molecule has 28 heavy (non-hydrogen) atoms. The minimum absolute atomic E-state index is 0.147. The number of carbonyl (C=O) groups is 1. The summed E-state index contributed by atoms with van der Waals surface area (Å²) in [5, 5.41) is 6.40. The standard InChI is InChI=1S/C20H21N5O3/c1-13-9-19(27)25(12-18(26)22-17-10-14(2)28-23-17)20(21-13)24-8-7-15-5-3-4-6-16(15)11-24/h3-6,9-10H,7-8,11-12H2,1-2H3,(H,22,23,26). The van der Waals surface area contributed by atoms with Gasteiger partial charge in [-0.3, -0.25) is 14.2 Å². The van der Waals surface area contributed by atoms with E-state index in [9.17, 15) is 9.59 Å². The zero-order chi connectivity index (χ0) is 19.7. The molecule has 0 saturated carbocycles. The van der Waals surface area contributed by atoms with Crippen molar-refractivity contribution in [2.24, 2.45) is 0 Å². The maximum Gasteiger partial charge on any atom is 0.255 e. The lowest BCUT2D eigenvalue weighted by Crippen LogP contribution is -2.38. The smallest absolute Gasteiger partial charge is 0.255 e. The van der Waals surface area contributed by atoms with Gasteiger partial charge in [-0.1, -0.05) is 29.4 Å². The van der Waals surface area contributed by atoms with Crippen LogP contribution in [0.5, 0.6) is 0 Å². The molecule has 0 saturated heterocycles. The van der Waals surface area contributed by atoms with Crippen LogP contribution in [-0.4, -0.2) is 27.2 Å². The SMILES string of the molecule is Cc1cc(=O)n(CC(=O)Nc2cc(C)on2)c(N2CCc3ccccc3C2)n1. The topological polar surface area (TPSA) is 93.3 Å². The molecule has 1 aliphatic rings. The van der Waals surface area contributed by atoms with E-state index in [1.165, 1.54) is 21.8 Å². The number of nitrogens with one attached hydrogen (secondary N) is 1. The second-order valence-electron chi connectivity index (χ2n) is 6.93. The van der Waals surface area contributed by atoms with E-state index in [1.54, 1.807) is 19.9 Å². The Morgan fingerprint density at radius 3 is 2.75 bits per heavy atom. The maximum atomic E-state index is 12.6. The van der Waals surface area contributed by atoms with E-state index in [1.807, 2.05) is 17.0 Å². The van der Waals surface area contributed by atoms with E-state index in [2.05, 4.69) is 27.6 Å². The predicted octanol–water partition coefficient (Wildman–Crippen LogP) is 2.05. The number of fused-ring (bicyclic) bond motifs is 1. The van der Waals surface area contributed by atoms with Crippen molar-refractivity contribution >= 4 is 17.7 Å². The van der Waals surface area contributed by atoms with Crippen molar-refractivity contribution in [3.8, 4) is 0 Å². The Labute approximate surface area is 161 Å². The Kier molecular flexibility index (Phi) is 4.68. The van der Waals surface area contributed by atoms with Gasteiger partial charge in [0, 0.05) is 30.9 Å². The molecule has 0 spiro atoms. The summed E-state index contributed by atoms with van der Waals surface area (Å²) in [4.78, 5) is 31.7. The van der Waals surface area contributed by atoms with E-state index in [0.29, 0.717) is 29.8 Å². The fraction of sp³-hybridized carbons (Fsp3) is 0.300. The lowest BCUT2D eigenvalue weighted by atomic mass is 10.0. The highest BCUT2D eigenvalue weighted by atomic mass is 16.5. The molecule has 1 aromatic carbocycles. The highest BCUT2D eigenvalue weighted by Crippen LogP contribution is 2.22. The first-order valence-electron chi connectivity index (χ1n) is 9.13. The molecule has 0 bridgehead atoms. The van der Waals surface area contributed by atoms with Gasteiger partial charge in [0.2, 0.25) is 11.9 Å². The number of aryl methyl sites for hydroxylation is 2. The summed E-state index contributed by atoms with van der Waals surface area (Å²) in [6.07, 6.45) is 0.865. The minimum Gasteiger partial charge on any atom is -0.360 e. The van der Waals surface area contributed by atoms with Crippen LogP contribution in [0.1, 0.15) is 22.6 Å². The quantitative estimate of drug-likeness (QED) is 0.746. The number of anilines is 2. The normalized spacial score (nSPS) is 13.3. The third-order valence-corrected chi connectivity index (χ3v) is 4.73. The average molecular weight is 379 g/mol. The number of nitrogens with zero attached hydrogens (tertiary/aromatic N) is 4. The third-order valence-electron chi connectivity index (χ3n) is 4.73. The first-order chi connectivity index (χ1) is 13.5. The van der Waals surface area contributed by atoms with E-state index >= 15 is 0 Å². The molecule has 3 aromatic rings. The molecule has 144 valence electrons. The molecule has 0 atom stereocenters. The molecule has 1 N–H and O–H groups in total. The maximum absolute atomic E-state index is 12.6. The molecule has 1 aliphatic heterocycles. The summed E-state index contributed by atoms with van der Waals surface area (Å²) in [5.41, 5.74) is 2.88. The summed E-state index contributed by atoms with van der Waals surface area (Å²) in [7, 11) is 0. The molecule has 0 radical (unpaired) electrons. The highest BCUT2D eigenvalue weighted by molar-refractivity contribution is 5.89. The number of amides is 1. The monoisotopic (exact) mass is 379 g/mol. The van der Waals surface area contributed by atoms with Crippen molar-refractivity contribution < 1.29 is 9.32 Å². The summed E-state index contributed by atoms with van der Waals surface area (Å²) < 4.78 is 6.36. The van der Waals surface area contributed by atoms with E-state index < -0.39 is 0 Å². The van der Waals surface area contributed by atoms with Gasteiger partial charge in [0.1, 0.15) is 12.3 Å². The van der Waals surface area contributed by atoms with Gasteiger partial charge < -0.3 is 14.7 Å². The lowest BCUT2D eigenvalue weighted by Gasteiger charge is -2.31. The van der Waals surface area contributed by atoms with Gasteiger partial charge in [-0.05, 0) is 31.4 Å². The number of aromatic nitrogens is 3. The Morgan fingerprint density at radius 1 is 1.21 bits per heavy atom. The largest absolute Gasteiger partial charge is 0.360 e. The Hall–Kier alpha value is -3.42. The van der Waals surface area contributed by atoms with Gasteiger partial charge in [-0.15, -0.1) is 0 Å². The van der Waals surface area contributed by atoms with Gasteiger partial charge in [0.25, 0.3) is 5.56 Å². The molecular weight excluding hydrogens is 358 g/mol. The summed E-state index contributed by atoms with van der Waals surface area (Å²) >= 11 is 0. The first-order valence-corrected chi connectivity index (χ1v) is 9.13. The van der Waals surface area contributed by atoms with Crippen LogP contribution in [0.15, 0.2) is 45.7 Å². The number of carbonyl (C=O) groups excluding carboxylic acids is 1. The number of benzene rings is 1. The van der Waals surface area contributed by atoms with Crippen molar-refractivity contribution in [1.82, 2.24) is 14.7 Å². The number of hydrogen-bond donors (Lipinski definition) is 1. The molecule has 3 heterocycles. The molecule has 0 fully saturated rings. The number of hydrogen-bond acceptors (Lipinski definition) is 6. The van der Waals surface area contributed by atoms with Crippen molar-refractivity contribution in [2.75, 3.05) is 16.8 Å². The lowest BCUT2D eigenvalue weighted by molar-refractivity contribution is -0.116. The summed E-state index contributed by atoms with van der Waals surface area (Å²) in [6.45, 7) is 4.76.